The Hall–Kier alpha value is -1.86. The molecule has 2 rings (SSSR count). The molecule has 0 spiro atoms. The monoisotopic (exact) mass is 242 g/mol. The molecule has 0 amide bonds. The van der Waals surface area contributed by atoms with Gasteiger partial charge in [-0.05, 0) is 31.5 Å². The molecule has 2 aromatic heterocycles. The van der Waals surface area contributed by atoms with Crippen molar-refractivity contribution in [3.05, 3.63) is 23.5 Å². The fourth-order valence-electron chi connectivity index (χ4n) is 2.00. The summed E-state index contributed by atoms with van der Waals surface area (Å²) in [6.07, 6.45) is 8.94. The van der Waals surface area contributed by atoms with E-state index in [1.165, 1.54) is 5.56 Å². The van der Waals surface area contributed by atoms with Crippen molar-refractivity contribution in [1.82, 2.24) is 20.1 Å². The van der Waals surface area contributed by atoms with Crippen molar-refractivity contribution in [3.63, 3.8) is 0 Å². The highest BCUT2D eigenvalue weighted by Crippen LogP contribution is 2.16. The van der Waals surface area contributed by atoms with Crippen molar-refractivity contribution in [2.24, 2.45) is 7.05 Å². The summed E-state index contributed by atoms with van der Waals surface area (Å²) in [5.74, 6) is 2.64. The Kier molecular flexibility index (Phi) is 3.96. The topological polar surface area (TPSA) is 42.7 Å². The Labute approximate surface area is 107 Å². The van der Waals surface area contributed by atoms with Crippen molar-refractivity contribution < 1.29 is 0 Å². The lowest BCUT2D eigenvalue weighted by atomic mass is 10.2. The number of fused-ring (bicyclic) bond motifs is 1. The zero-order valence-corrected chi connectivity index (χ0v) is 10.9. The van der Waals surface area contributed by atoms with Crippen LogP contribution in [0.3, 0.4) is 0 Å². The molecular formula is C14H18N4. The van der Waals surface area contributed by atoms with Crippen LogP contribution in [0.2, 0.25) is 0 Å². The zero-order chi connectivity index (χ0) is 13.0. The van der Waals surface area contributed by atoms with Crippen LogP contribution in [0.25, 0.3) is 11.0 Å². The van der Waals surface area contributed by atoms with Crippen LogP contribution in [0, 0.1) is 19.3 Å². The molecule has 0 bridgehead atoms. The summed E-state index contributed by atoms with van der Waals surface area (Å²) in [7, 11) is 1.92. The summed E-state index contributed by atoms with van der Waals surface area (Å²) in [5, 5.41) is 8.85. The number of nitrogens with one attached hydrogen (secondary N) is 1. The summed E-state index contributed by atoms with van der Waals surface area (Å²) >= 11 is 0. The molecule has 0 aliphatic heterocycles. The molecule has 18 heavy (non-hydrogen) atoms. The van der Waals surface area contributed by atoms with Crippen molar-refractivity contribution in [2.75, 3.05) is 6.54 Å². The maximum Gasteiger partial charge on any atom is 0.157 e. The van der Waals surface area contributed by atoms with Gasteiger partial charge in [-0.15, -0.1) is 12.3 Å². The van der Waals surface area contributed by atoms with Crippen molar-refractivity contribution in [3.8, 4) is 12.3 Å². The number of hydrogen-bond donors (Lipinski definition) is 1. The molecule has 2 aromatic rings. The van der Waals surface area contributed by atoms with Crippen LogP contribution in [-0.2, 0) is 13.6 Å². The van der Waals surface area contributed by atoms with Gasteiger partial charge in [0.25, 0.3) is 0 Å². The smallest absolute Gasteiger partial charge is 0.157 e. The lowest BCUT2D eigenvalue weighted by Crippen LogP contribution is -2.14. The second kappa shape index (κ2) is 5.65. The van der Waals surface area contributed by atoms with Gasteiger partial charge in [0.2, 0.25) is 0 Å². The molecule has 0 saturated heterocycles. The summed E-state index contributed by atoms with van der Waals surface area (Å²) < 4.78 is 1.81. The Morgan fingerprint density at radius 1 is 1.50 bits per heavy atom. The van der Waals surface area contributed by atoms with Crippen LogP contribution in [-0.4, -0.2) is 21.3 Å². The van der Waals surface area contributed by atoms with E-state index in [0.29, 0.717) is 0 Å². The number of rotatable bonds is 5. The minimum Gasteiger partial charge on any atom is -0.313 e. The van der Waals surface area contributed by atoms with E-state index in [9.17, 15) is 0 Å². The standard InChI is InChI=1S/C14H18N4/c1-4-5-6-7-15-9-12-8-13-11(2)17-18(3)14(13)16-10-12/h1,8,10,15H,5-7,9H2,2-3H3. The highest BCUT2D eigenvalue weighted by molar-refractivity contribution is 5.78. The number of aryl methyl sites for hydroxylation is 2. The first-order chi connectivity index (χ1) is 8.72. The van der Waals surface area contributed by atoms with Gasteiger partial charge in [0.1, 0.15) is 0 Å². The third kappa shape index (κ3) is 2.69. The van der Waals surface area contributed by atoms with Crippen molar-refractivity contribution in [1.29, 1.82) is 0 Å². The molecule has 0 atom stereocenters. The summed E-state index contributed by atoms with van der Waals surface area (Å²) in [4.78, 5) is 4.44. The predicted molar refractivity (Wildman–Crippen MR) is 73.0 cm³/mol. The zero-order valence-electron chi connectivity index (χ0n) is 10.9. The highest BCUT2D eigenvalue weighted by atomic mass is 15.3. The van der Waals surface area contributed by atoms with Crippen LogP contribution >= 0.6 is 0 Å². The second-order valence-electron chi connectivity index (χ2n) is 4.41. The van der Waals surface area contributed by atoms with E-state index in [4.69, 9.17) is 6.42 Å². The molecule has 4 heteroatoms. The van der Waals surface area contributed by atoms with E-state index >= 15 is 0 Å². The second-order valence-corrected chi connectivity index (χ2v) is 4.41. The van der Waals surface area contributed by atoms with Gasteiger partial charge in [-0.3, -0.25) is 4.68 Å². The van der Waals surface area contributed by atoms with Crippen LogP contribution in [0.1, 0.15) is 24.1 Å². The molecule has 94 valence electrons. The van der Waals surface area contributed by atoms with Crippen LogP contribution < -0.4 is 5.32 Å². The first-order valence-electron chi connectivity index (χ1n) is 6.15. The minimum absolute atomic E-state index is 0.821. The first-order valence-corrected chi connectivity index (χ1v) is 6.15. The molecule has 0 aliphatic rings. The van der Waals surface area contributed by atoms with E-state index < -0.39 is 0 Å². The lowest BCUT2D eigenvalue weighted by molar-refractivity contribution is 0.658. The predicted octanol–water partition coefficient (Wildman–Crippen LogP) is 1.78. The number of pyridine rings is 1. The molecule has 4 nitrogen and oxygen atoms in total. The van der Waals surface area contributed by atoms with E-state index in [-0.39, 0.29) is 0 Å². The fourth-order valence-corrected chi connectivity index (χ4v) is 2.00. The number of nitrogens with zero attached hydrogens (tertiary/aromatic N) is 3. The van der Waals surface area contributed by atoms with Gasteiger partial charge in [-0.1, -0.05) is 0 Å². The van der Waals surface area contributed by atoms with E-state index in [0.717, 1.165) is 42.7 Å². The summed E-state index contributed by atoms with van der Waals surface area (Å²) in [6.45, 7) is 3.77. The molecular weight excluding hydrogens is 224 g/mol. The van der Waals surface area contributed by atoms with Crippen LogP contribution in [0.4, 0.5) is 0 Å². The van der Waals surface area contributed by atoms with Gasteiger partial charge in [0.15, 0.2) is 5.65 Å². The first kappa shape index (κ1) is 12.6. The Balaban J connectivity index is 2.02. The lowest BCUT2D eigenvalue weighted by Gasteiger charge is -2.03. The Bertz CT molecular complexity index is 577. The number of terminal acetylenes is 1. The largest absolute Gasteiger partial charge is 0.313 e. The third-order valence-electron chi connectivity index (χ3n) is 2.92. The number of unbranched alkanes of at least 4 members (excludes halogenated alkanes) is 1. The molecule has 0 radical (unpaired) electrons. The molecule has 0 saturated carbocycles. The van der Waals surface area contributed by atoms with E-state index in [1.807, 2.05) is 24.9 Å². The van der Waals surface area contributed by atoms with Crippen LogP contribution in [0.5, 0.6) is 0 Å². The molecule has 2 heterocycles. The number of hydrogen-bond acceptors (Lipinski definition) is 3. The maximum atomic E-state index is 5.21. The molecule has 0 aromatic carbocycles. The van der Waals surface area contributed by atoms with Gasteiger partial charge in [-0.2, -0.15) is 5.10 Å². The van der Waals surface area contributed by atoms with Gasteiger partial charge < -0.3 is 5.32 Å². The minimum atomic E-state index is 0.821. The molecule has 0 fully saturated rings. The Morgan fingerprint density at radius 3 is 3.11 bits per heavy atom. The molecule has 1 N–H and O–H groups in total. The quantitative estimate of drug-likeness (QED) is 0.642. The number of aromatic nitrogens is 3. The van der Waals surface area contributed by atoms with E-state index in [1.54, 1.807) is 0 Å². The summed E-state index contributed by atoms with van der Waals surface area (Å²) in [6, 6.07) is 2.15. The Morgan fingerprint density at radius 2 is 2.33 bits per heavy atom. The highest BCUT2D eigenvalue weighted by Gasteiger charge is 2.06. The average Bonchev–Trinajstić information content (AvgIpc) is 2.65. The maximum absolute atomic E-state index is 5.21. The van der Waals surface area contributed by atoms with Gasteiger partial charge in [-0.25, -0.2) is 4.98 Å². The normalized spacial score (nSPS) is 10.7. The van der Waals surface area contributed by atoms with Gasteiger partial charge >= 0.3 is 0 Å². The van der Waals surface area contributed by atoms with Crippen molar-refractivity contribution >= 4 is 11.0 Å². The van der Waals surface area contributed by atoms with E-state index in [2.05, 4.69) is 27.4 Å². The molecule has 0 unspecified atom stereocenters. The van der Waals surface area contributed by atoms with Gasteiger partial charge in [0.05, 0.1) is 5.69 Å². The third-order valence-corrected chi connectivity index (χ3v) is 2.92. The van der Waals surface area contributed by atoms with Crippen LogP contribution in [0.15, 0.2) is 12.3 Å². The molecule has 0 aliphatic carbocycles. The SMILES string of the molecule is C#CCCCNCc1cnc2c(c1)c(C)nn2C. The summed E-state index contributed by atoms with van der Waals surface area (Å²) in [5.41, 5.74) is 3.14. The average molecular weight is 242 g/mol. The fraction of sp³-hybridized carbons (Fsp3) is 0.429. The van der Waals surface area contributed by atoms with Crippen molar-refractivity contribution in [2.45, 2.75) is 26.3 Å². The van der Waals surface area contributed by atoms with Gasteiger partial charge in [0, 0.05) is 31.6 Å².